The molecule has 0 saturated heterocycles. The van der Waals surface area contributed by atoms with Crippen LogP contribution in [0.3, 0.4) is 0 Å². The fourth-order valence-corrected chi connectivity index (χ4v) is 4.25. The number of rotatable bonds is 9. The number of thioether (sulfide) groups is 1. The highest BCUT2D eigenvalue weighted by Gasteiger charge is 2.43. The zero-order chi connectivity index (χ0) is 24.8. The van der Waals surface area contributed by atoms with Crippen LogP contribution in [-0.4, -0.2) is 48.9 Å². The van der Waals surface area contributed by atoms with Gasteiger partial charge < -0.3 is 16.2 Å². The molecule has 0 saturated carbocycles. The summed E-state index contributed by atoms with van der Waals surface area (Å²) in [7, 11) is 0. The summed E-state index contributed by atoms with van der Waals surface area (Å²) < 4.78 is 1.40. The molecule has 1 heterocycles. The lowest BCUT2D eigenvalue weighted by Crippen LogP contribution is -2.53. The second-order valence-corrected chi connectivity index (χ2v) is 8.35. The van der Waals surface area contributed by atoms with Gasteiger partial charge in [-0.15, -0.1) is 5.10 Å². The number of carboxylic acid groups (broad SMARTS) is 1. The average Bonchev–Trinajstić information content (AvgIpc) is 3.35. The summed E-state index contributed by atoms with van der Waals surface area (Å²) in [6, 6.07) is 23.4. The van der Waals surface area contributed by atoms with E-state index in [-0.39, 0.29) is 5.75 Å². The summed E-state index contributed by atoms with van der Waals surface area (Å²) >= 11 is 1.04. The molecule has 0 aliphatic carbocycles. The molecule has 0 fully saturated rings. The highest BCUT2D eigenvalue weighted by molar-refractivity contribution is 7.99. The zero-order valence-electron chi connectivity index (χ0n) is 18.2. The number of nitrogens with one attached hydrogen (secondary N) is 1. The Balaban J connectivity index is 1.57. The van der Waals surface area contributed by atoms with Crippen molar-refractivity contribution in [2.75, 3.05) is 5.75 Å². The maximum Gasteiger partial charge on any atom is 0.338 e. The number of carbonyl (C=O) groups is 3. The van der Waals surface area contributed by atoms with Gasteiger partial charge in [0.1, 0.15) is 0 Å². The van der Waals surface area contributed by atoms with Gasteiger partial charge in [-0.25, -0.2) is 4.79 Å². The van der Waals surface area contributed by atoms with E-state index in [1.165, 1.54) is 4.68 Å². The molecule has 0 atom stereocenters. The molecule has 0 spiro atoms. The van der Waals surface area contributed by atoms with Crippen molar-refractivity contribution in [1.82, 2.24) is 25.5 Å². The van der Waals surface area contributed by atoms with Gasteiger partial charge in [-0.1, -0.05) is 72.4 Å². The predicted molar refractivity (Wildman–Crippen MR) is 128 cm³/mol. The highest BCUT2D eigenvalue weighted by atomic mass is 32.2. The number of primary amides is 1. The number of aromatic nitrogens is 4. The third-order valence-corrected chi connectivity index (χ3v) is 6.15. The first-order valence-electron chi connectivity index (χ1n) is 10.4. The van der Waals surface area contributed by atoms with E-state index in [9.17, 15) is 19.5 Å². The second-order valence-electron chi connectivity index (χ2n) is 7.41. The van der Waals surface area contributed by atoms with E-state index in [1.54, 1.807) is 84.9 Å². The molecule has 11 heteroatoms. The predicted octanol–water partition coefficient (Wildman–Crippen LogP) is 2.00. The lowest BCUT2D eigenvalue weighted by molar-refractivity contribution is -0.145. The molecule has 4 rings (SSSR count). The van der Waals surface area contributed by atoms with E-state index in [0.29, 0.717) is 27.5 Å². The second kappa shape index (κ2) is 10.2. The standard InChI is InChI=1S/C24H20N6O4S/c25-21(32)16-11-13-19(14-12-16)30-23(27-28-29-30)35-15-20(31)26-24(22(33)34,17-7-3-1-4-8-17)18-9-5-2-6-10-18/h1-14H,15H2,(H2,25,32)(H,26,31)(H,33,34). The van der Waals surface area contributed by atoms with Gasteiger partial charge in [0.05, 0.1) is 11.4 Å². The van der Waals surface area contributed by atoms with Gasteiger partial charge >= 0.3 is 5.97 Å². The SMILES string of the molecule is NC(=O)c1ccc(-n2nnnc2SCC(=O)NC(C(=O)O)(c2ccccc2)c2ccccc2)cc1. The lowest BCUT2D eigenvalue weighted by Gasteiger charge is -2.31. The molecule has 0 bridgehead atoms. The van der Waals surface area contributed by atoms with E-state index < -0.39 is 23.3 Å². The van der Waals surface area contributed by atoms with E-state index in [1.807, 2.05) is 0 Å². The molecule has 10 nitrogen and oxygen atoms in total. The van der Waals surface area contributed by atoms with E-state index >= 15 is 0 Å². The number of hydrogen-bond donors (Lipinski definition) is 3. The van der Waals surface area contributed by atoms with Crippen LogP contribution in [-0.2, 0) is 15.1 Å². The van der Waals surface area contributed by atoms with Crippen LogP contribution < -0.4 is 11.1 Å². The van der Waals surface area contributed by atoms with Crippen LogP contribution in [0.1, 0.15) is 21.5 Å². The number of aliphatic carboxylic acids is 1. The lowest BCUT2D eigenvalue weighted by atomic mass is 9.82. The Hall–Kier alpha value is -4.51. The molecule has 4 aromatic rings. The fraction of sp³-hybridized carbons (Fsp3) is 0.0833. The Morgan fingerprint density at radius 3 is 2.00 bits per heavy atom. The Bertz CT molecular complexity index is 1300. The smallest absolute Gasteiger partial charge is 0.338 e. The van der Waals surface area contributed by atoms with Crippen molar-refractivity contribution in [2.45, 2.75) is 10.7 Å². The van der Waals surface area contributed by atoms with Crippen molar-refractivity contribution in [1.29, 1.82) is 0 Å². The number of amides is 2. The van der Waals surface area contributed by atoms with Crippen molar-refractivity contribution in [3.8, 4) is 5.69 Å². The Labute approximate surface area is 204 Å². The van der Waals surface area contributed by atoms with Gasteiger partial charge in [0.2, 0.25) is 17.0 Å². The maximum atomic E-state index is 13.0. The topological polar surface area (TPSA) is 153 Å². The number of benzene rings is 3. The number of carbonyl (C=O) groups excluding carboxylic acids is 2. The largest absolute Gasteiger partial charge is 0.479 e. The van der Waals surface area contributed by atoms with Crippen LogP contribution in [0.4, 0.5) is 0 Å². The van der Waals surface area contributed by atoms with Crippen molar-refractivity contribution >= 4 is 29.5 Å². The van der Waals surface area contributed by atoms with Gasteiger partial charge in [-0.3, -0.25) is 9.59 Å². The number of hydrogen-bond acceptors (Lipinski definition) is 7. The average molecular weight is 489 g/mol. The maximum absolute atomic E-state index is 13.0. The fourth-order valence-electron chi connectivity index (χ4n) is 3.56. The van der Waals surface area contributed by atoms with E-state index in [4.69, 9.17) is 5.73 Å². The minimum atomic E-state index is -1.78. The van der Waals surface area contributed by atoms with Crippen LogP contribution in [0, 0.1) is 0 Å². The summed E-state index contributed by atoms with van der Waals surface area (Å²) in [5.41, 5.74) is 5.22. The third-order valence-electron chi connectivity index (χ3n) is 5.23. The van der Waals surface area contributed by atoms with Gasteiger partial charge in [0.25, 0.3) is 0 Å². The molecular weight excluding hydrogens is 468 g/mol. The molecule has 3 aromatic carbocycles. The zero-order valence-corrected chi connectivity index (χ0v) is 19.1. The number of nitrogens with two attached hydrogens (primary N) is 1. The van der Waals surface area contributed by atoms with E-state index in [0.717, 1.165) is 11.8 Å². The Kier molecular flexibility index (Phi) is 6.88. The monoisotopic (exact) mass is 488 g/mol. The minimum absolute atomic E-state index is 0.144. The van der Waals surface area contributed by atoms with E-state index in [2.05, 4.69) is 20.8 Å². The molecule has 0 aliphatic rings. The summed E-state index contributed by atoms with van der Waals surface area (Å²) in [6.45, 7) is 0. The quantitative estimate of drug-likeness (QED) is 0.302. The van der Waals surface area contributed by atoms with Gasteiger partial charge in [-0.2, -0.15) is 4.68 Å². The van der Waals surface area contributed by atoms with Crippen molar-refractivity contribution in [3.63, 3.8) is 0 Å². The molecule has 0 unspecified atom stereocenters. The number of tetrazole rings is 1. The number of carboxylic acids is 1. The van der Waals surface area contributed by atoms with Crippen LogP contribution >= 0.6 is 11.8 Å². The molecule has 35 heavy (non-hydrogen) atoms. The molecule has 1 aromatic heterocycles. The first kappa shape index (κ1) is 23.6. The van der Waals surface area contributed by atoms with Crippen LogP contribution in [0.5, 0.6) is 0 Å². The van der Waals surface area contributed by atoms with Gasteiger partial charge in [0, 0.05) is 5.56 Å². The Morgan fingerprint density at radius 1 is 0.914 bits per heavy atom. The normalized spacial score (nSPS) is 11.1. The molecule has 0 aliphatic heterocycles. The van der Waals surface area contributed by atoms with Crippen LogP contribution in [0.2, 0.25) is 0 Å². The number of nitrogens with zero attached hydrogens (tertiary/aromatic N) is 4. The third kappa shape index (κ3) is 4.89. The highest BCUT2D eigenvalue weighted by Crippen LogP contribution is 2.31. The van der Waals surface area contributed by atoms with Crippen LogP contribution in [0.15, 0.2) is 90.1 Å². The van der Waals surface area contributed by atoms with Crippen molar-refractivity contribution in [3.05, 3.63) is 102 Å². The molecule has 2 amide bonds. The summed E-state index contributed by atoms with van der Waals surface area (Å²) in [6.07, 6.45) is 0. The Morgan fingerprint density at radius 2 is 1.49 bits per heavy atom. The molecular formula is C24H20N6O4S. The molecule has 4 N–H and O–H groups in total. The molecule has 176 valence electrons. The van der Waals surface area contributed by atoms with Gasteiger partial charge in [-0.05, 0) is 45.8 Å². The van der Waals surface area contributed by atoms with Crippen molar-refractivity contribution < 1.29 is 19.5 Å². The molecule has 0 radical (unpaired) electrons. The summed E-state index contributed by atoms with van der Waals surface area (Å²) in [5.74, 6) is -2.44. The minimum Gasteiger partial charge on any atom is -0.479 e. The summed E-state index contributed by atoms with van der Waals surface area (Å²) in [5, 5.41) is 24.9. The van der Waals surface area contributed by atoms with Crippen LogP contribution in [0.25, 0.3) is 5.69 Å². The van der Waals surface area contributed by atoms with Crippen molar-refractivity contribution in [2.24, 2.45) is 5.73 Å². The first-order chi connectivity index (χ1) is 16.9. The van der Waals surface area contributed by atoms with Gasteiger partial charge in [0.15, 0.2) is 5.54 Å². The summed E-state index contributed by atoms with van der Waals surface area (Å²) in [4.78, 5) is 37.0. The first-order valence-corrected chi connectivity index (χ1v) is 11.4.